The molecule has 1 aromatic rings. The lowest BCUT2D eigenvalue weighted by Gasteiger charge is -1.80. The quantitative estimate of drug-likeness (QED) is 0.407. The van der Waals surface area contributed by atoms with Crippen LogP contribution in [0.4, 0.5) is 0 Å². The molecule has 0 aromatic heterocycles. The molecule has 0 saturated carbocycles. The molecular formula is C8H11IN2. The highest BCUT2D eigenvalue weighted by Crippen LogP contribution is 1.99. The van der Waals surface area contributed by atoms with E-state index in [4.69, 9.17) is 11.1 Å². The predicted octanol–water partition coefficient (Wildman–Crippen LogP) is 3.69. The van der Waals surface area contributed by atoms with Crippen molar-refractivity contribution in [3.63, 3.8) is 0 Å². The standard InChI is InChI=1S/C6H5I.C2H4.H2N2/c7-6-4-2-1-3-5-6;2*1-2/h1-5H;1-2H2;1-2H. The van der Waals surface area contributed by atoms with Crippen LogP contribution in [0.5, 0.6) is 0 Å². The van der Waals surface area contributed by atoms with E-state index in [1.807, 2.05) is 18.2 Å². The monoisotopic (exact) mass is 262 g/mol. The van der Waals surface area contributed by atoms with Crippen LogP contribution in [0.1, 0.15) is 0 Å². The molecule has 1 rings (SSSR count). The van der Waals surface area contributed by atoms with Crippen LogP contribution in [-0.2, 0) is 0 Å². The third kappa shape index (κ3) is 9.29. The van der Waals surface area contributed by atoms with Crippen molar-refractivity contribution in [3.8, 4) is 0 Å². The van der Waals surface area contributed by atoms with E-state index in [9.17, 15) is 0 Å². The number of rotatable bonds is 0. The second-order valence-electron chi connectivity index (χ2n) is 1.30. The molecule has 0 aliphatic carbocycles. The molecule has 2 nitrogen and oxygen atoms in total. The van der Waals surface area contributed by atoms with Gasteiger partial charge >= 0.3 is 0 Å². The minimum Gasteiger partial charge on any atom is -0.213 e. The SMILES string of the molecule is C=C.Ic1ccccc1.N=N. The molecule has 0 fully saturated rings. The predicted molar refractivity (Wildman–Crippen MR) is 55.9 cm³/mol. The molecule has 0 heterocycles. The van der Waals surface area contributed by atoms with Gasteiger partial charge in [-0.2, -0.15) is 0 Å². The van der Waals surface area contributed by atoms with Gasteiger partial charge in [0.25, 0.3) is 0 Å². The van der Waals surface area contributed by atoms with Crippen LogP contribution in [0.2, 0.25) is 0 Å². The van der Waals surface area contributed by atoms with Crippen molar-refractivity contribution in [2.45, 2.75) is 0 Å². The summed E-state index contributed by atoms with van der Waals surface area (Å²) in [4.78, 5) is 0. The largest absolute Gasteiger partial charge is 0.213 e. The lowest BCUT2D eigenvalue weighted by molar-refractivity contribution is 1.05. The van der Waals surface area contributed by atoms with Gasteiger partial charge in [0.15, 0.2) is 0 Å². The van der Waals surface area contributed by atoms with Crippen LogP contribution in [-0.4, -0.2) is 0 Å². The van der Waals surface area contributed by atoms with E-state index in [1.165, 1.54) is 3.57 Å². The van der Waals surface area contributed by atoms with Crippen molar-refractivity contribution in [3.05, 3.63) is 47.1 Å². The normalized spacial score (nSPS) is 6.27. The summed E-state index contributed by atoms with van der Waals surface area (Å²) < 4.78 is 1.29. The summed E-state index contributed by atoms with van der Waals surface area (Å²) in [5, 5.41) is 0. The molecule has 3 heteroatoms. The topological polar surface area (TPSA) is 47.7 Å². The lowest BCUT2D eigenvalue weighted by Crippen LogP contribution is -1.61. The molecule has 0 radical (unpaired) electrons. The Morgan fingerprint density at radius 1 is 1.00 bits per heavy atom. The van der Waals surface area contributed by atoms with Gasteiger partial charge in [0.1, 0.15) is 0 Å². The minimum atomic E-state index is 1.29. The fraction of sp³-hybridized carbons (Fsp3) is 0. The molecule has 0 bridgehead atoms. The zero-order valence-corrected chi connectivity index (χ0v) is 8.34. The van der Waals surface area contributed by atoms with Crippen molar-refractivity contribution in [1.29, 1.82) is 11.1 Å². The first-order valence-corrected chi connectivity index (χ1v) is 3.93. The van der Waals surface area contributed by atoms with Gasteiger partial charge in [-0.3, -0.25) is 0 Å². The molecule has 60 valence electrons. The molecule has 0 spiro atoms. The molecule has 0 atom stereocenters. The summed E-state index contributed by atoms with van der Waals surface area (Å²) in [6, 6.07) is 10.2. The molecule has 0 aliphatic heterocycles. The molecule has 1 aromatic carbocycles. The molecule has 0 aliphatic rings. The Kier molecular flexibility index (Phi) is 14.1. The van der Waals surface area contributed by atoms with Crippen molar-refractivity contribution in [2.75, 3.05) is 0 Å². The second-order valence-corrected chi connectivity index (χ2v) is 2.54. The summed E-state index contributed by atoms with van der Waals surface area (Å²) >= 11 is 2.28. The van der Waals surface area contributed by atoms with Crippen LogP contribution in [0.3, 0.4) is 0 Å². The van der Waals surface area contributed by atoms with Gasteiger partial charge in [-0.1, -0.05) is 18.2 Å². The fourth-order valence-corrected chi connectivity index (χ4v) is 0.830. The van der Waals surface area contributed by atoms with Gasteiger partial charge < -0.3 is 0 Å². The molecule has 0 saturated heterocycles. The third-order valence-corrected chi connectivity index (χ3v) is 1.45. The summed E-state index contributed by atoms with van der Waals surface area (Å²) in [6.45, 7) is 6.00. The van der Waals surface area contributed by atoms with E-state index in [-0.39, 0.29) is 0 Å². The zero-order chi connectivity index (χ0) is 9.11. The van der Waals surface area contributed by atoms with Gasteiger partial charge in [-0.15, -0.1) is 13.2 Å². The van der Waals surface area contributed by atoms with Gasteiger partial charge in [-0.05, 0) is 34.7 Å². The zero-order valence-electron chi connectivity index (χ0n) is 6.18. The number of benzene rings is 1. The van der Waals surface area contributed by atoms with E-state index in [1.54, 1.807) is 0 Å². The Bertz CT molecular complexity index is 163. The number of halogens is 1. The first kappa shape index (κ1) is 12.9. The summed E-state index contributed by atoms with van der Waals surface area (Å²) in [7, 11) is 0. The first-order chi connectivity index (χ1) is 5.39. The molecule has 2 N–H and O–H groups in total. The van der Waals surface area contributed by atoms with Crippen LogP contribution in [0, 0.1) is 14.6 Å². The number of nitrogens with one attached hydrogen (secondary N) is 2. The van der Waals surface area contributed by atoms with Crippen molar-refractivity contribution in [2.24, 2.45) is 0 Å². The third-order valence-electron chi connectivity index (χ3n) is 0.733. The van der Waals surface area contributed by atoms with Gasteiger partial charge in [0.2, 0.25) is 0 Å². The van der Waals surface area contributed by atoms with Crippen LogP contribution in [0.25, 0.3) is 0 Å². The Morgan fingerprint density at radius 3 is 1.55 bits per heavy atom. The minimum absolute atomic E-state index is 1.29. The van der Waals surface area contributed by atoms with E-state index < -0.39 is 0 Å². The smallest absolute Gasteiger partial charge is 0.0130 e. The van der Waals surface area contributed by atoms with Crippen LogP contribution >= 0.6 is 22.6 Å². The van der Waals surface area contributed by atoms with E-state index in [0.717, 1.165) is 0 Å². The van der Waals surface area contributed by atoms with Gasteiger partial charge in [0, 0.05) is 3.57 Å². The number of hydrogen-bond acceptors (Lipinski definition) is 2. The molecular weight excluding hydrogens is 251 g/mol. The first-order valence-electron chi connectivity index (χ1n) is 2.85. The van der Waals surface area contributed by atoms with Crippen LogP contribution < -0.4 is 0 Å². The highest BCUT2D eigenvalue weighted by atomic mass is 127. The summed E-state index contributed by atoms with van der Waals surface area (Å²) in [6.07, 6.45) is 0. The van der Waals surface area contributed by atoms with Gasteiger partial charge in [-0.25, -0.2) is 11.1 Å². The Hall–Kier alpha value is -0.710. The fourth-order valence-electron chi connectivity index (χ4n) is 0.415. The average Bonchev–Trinajstić information content (AvgIpc) is 2.13. The van der Waals surface area contributed by atoms with Crippen molar-refractivity contribution < 1.29 is 0 Å². The maximum Gasteiger partial charge on any atom is 0.0130 e. The average molecular weight is 262 g/mol. The maximum absolute atomic E-state index is 5.00. The Labute approximate surface area is 80.8 Å². The highest BCUT2D eigenvalue weighted by Gasteiger charge is 1.74. The lowest BCUT2D eigenvalue weighted by atomic mass is 10.4. The summed E-state index contributed by atoms with van der Waals surface area (Å²) in [5.74, 6) is 0. The van der Waals surface area contributed by atoms with Crippen molar-refractivity contribution in [1.82, 2.24) is 0 Å². The van der Waals surface area contributed by atoms with Gasteiger partial charge in [0.05, 0.1) is 0 Å². The number of hydrogen-bond donors (Lipinski definition) is 2. The summed E-state index contributed by atoms with van der Waals surface area (Å²) in [5.41, 5.74) is 10.0. The maximum atomic E-state index is 5.00. The molecule has 0 amide bonds. The Morgan fingerprint density at radius 2 is 1.36 bits per heavy atom. The van der Waals surface area contributed by atoms with E-state index in [0.29, 0.717) is 0 Å². The van der Waals surface area contributed by atoms with E-state index >= 15 is 0 Å². The Balaban J connectivity index is 0. The van der Waals surface area contributed by atoms with Crippen LogP contribution in [0.15, 0.2) is 43.5 Å². The van der Waals surface area contributed by atoms with Crippen molar-refractivity contribution >= 4 is 22.6 Å². The molecule has 11 heavy (non-hydrogen) atoms. The second kappa shape index (κ2) is 12.0. The van der Waals surface area contributed by atoms with E-state index in [2.05, 4.69) is 47.9 Å². The molecule has 0 unspecified atom stereocenters. The highest BCUT2D eigenvalue weighted by molar-refractivity contribution is 14.1.